The van der Waals surface area contributed by atoms with Gasteiger partial charge in [0, 0.05) is 50.4 Å². The SMILES string of the molecule is C[C@H]1NC(=O)C(N)CNC(=O)C(C2CC=NC(N)N2)NC(=O)/C(=C/NC(N)=O)NC(=O)[C@@H](CNC(=O)C[C@H](N)CCCN)NC1=O. The molecule has 0 spiro atoms. The molecule has 8 amide bonds. The summed E-state index contributed by atoms with van der Waals surface area (Å²) in [5.41, 5.74) is 27.7. The summed E-state index contributed by atoms with van der Waals surface area (Å²) >= 11 is 0. The molecule has 256 valence electrons. The van der Waals surface area contributed by atoms with Crippen LogP contribution in [0.4, 0.5) is 4.79 Å². The van der Waals surface area contributed by atoms with Crippen LogP contribution in [0.2, 0.25) is 0 Å². The Hall–Kier alpha value is -4.70. The van der Waals surface area contributed by atoms with Gasteiger partial charge in [0.2, 0.25) is 29.5 Å². The summed E-state index contributed by atoms with van der Waals surface area (Å²) in [5.74, 6) is -5.06. The van der Waals surface area contributed by atoms with E-state index >= 15 is 0 Å². The van der Waals surface area contributed by atoms with E-state index in [4.69, 9.17) is 28.7 Å². The van der Waals surface area contributed by atoms with E-state index in [1.54, 1.807) is 0 Å². The first-order chi connectivity index (χ1) is 21.7. The Morgan fingerprint density at radius 2 is 1.78 bits per heavy atom. The highest BCUT2D eigenvalue weighted by molar-refractivity contribution is 6.02. The first-order valence-corrected chi connectivity index (χ1v) is 14.5. The number of amides is 8. The highest BCUT2D eigenvalue weighted by atomic mass is 16.2. The van der Waals surface area contributed by atoms with Gasteiger partial charge in [-0.25, -0.2) is 4.79 Å². The molecule has 18 N–H and O–H groups in total. The lowest BCUT2D eigenvalue weighted by molar-refractivity contribution is -0.133. The van der Waals surface area contributed by atoms with Gasteiger partial charge < -0.3 is 60.2 Å². The molecule has 0 bridgehead atoms. The molecule has 46 heavy (non-hydrogen) atoms. The lowest BCUT2D eigenvalue weighted by Crippen LogP contribution is -2.64. The molecule has 0 aromatic rings. The van der Waals surface area contributed by atoms with Crippen molar-refractivity contribution >= 4 is 47.7 Å². The number of carbonyl (C=O) groups excluding carboxylic acids is 7. The van der Waals surface area contributed by atoms with E-state index < -0.39 is 96.3 Å². The summed E-state index contributed by atoms with van der Waals surface area (Å²) in [5, 5.41) is 19.4. The van der Waals surface area contributed by atoms with Crippen LogP contribution in [0.1, 0.15) is 32.6 Å². The molecule has 0 aromatic heterocycles. The van der Waals surface area contributed by atoms with Crippen molar-refractivity contribution in [2.24, 2.45) is 33.7 Å². The van der Waals surface area contributed by atoms with Gasteiger partial charge in [-0.05, 0) is 26.3 Å². The molecule has 2 heterocycles. The number of primary amides is 1. The number of hydrogen-bond donors (Lipinski definition) is 13. The topological polar surface area (TPSA) is 358 Å². The van der Waals surface area contributed by atoms with Crippen LogP contribution in [-0.4, -0.2) is 110 Å². The third kappa shape index (κ3) is 12.4. The van der Waals surface area contributed by atoms with Crippen LogP contribution in [0.5, 0.6) is 0 Å². The summed E-state index contributed by atoms with van der Waals surface area (Å²) < 4.78 is 0. The molecule has 7 atom stereocenters. The van der Waals surface area contributed by atoms with Crippen LogP contribution in [0.3, 0.4) is 0 Å². The number of nitrogens with two attached hydrogens (primary N) is 5. The fraction of sp³-hybridized carbons (Fsp3) is 0.600. The summed E-state index contributed by atoms with van der Waals surface area (Å²) in [6.07, 6.45) is 2.44. The Morgan fingerprint density at radius 3 is 2.43 bits per heavy atom. The number of nitrogens with zero attached hydrogens (tertiary/aromatic N) is 1. The average Bonchev–Trinajstić information content (AvgIpc) is 3.00. The zero-order chi connectivity index (χ0) is 34.4. The summed E-state index contributed by atoms with van der Waals surface area (Å²) in [6.45, 7) is 0.855. The molecule has 1 fully saturated rings. The first-order valence-electron chi connectivity index (χ1n) is 14.5. The maximum Gasteiger partial charge on any atom is 0.316 e. The van der Waals surface area contributed by atoms with Crippen molar-refractivity contribution in [1.82, 2.24) is 42.5 Å². The third-order valence-corrected chi connectivity index (χ3v) is 6.79. The smallest absolute Gasteiger partial charge is 0.316 e. The molecular formula is C25H44N14O7. The van der Waals surface area contributed by atoms with E-state index in [1.807, 2.05) is 0 Å². The Labute approximate surface area is 264 Å². The van der Waals surface area contributed by atoms with Gasteiger partial charge in [0.25, 0.3) is 5.91 Å². The number of aliphatic imine (C=N–C) groups is 1. The minimum Gasteiger partial charge on any atom is -0.353 e. The predicted molar refractivity (Wildman–Crippen MR) is 163 cm³/mol. The van der Waals surface area contributed by atoms with Crippen LogP contribution in [0.25, 0.3) is 0 Å². The van der Waals surface area contributed by atoms with Crippen molar-refractivity contribution in [2.75, 3.05) is 19.6 Å². The zero-order valence-corrected chi connectivity index (χ0v) is 25.3. The average molecular weight is 653 g/mol. The molecule has 0 radical (unpaired) electrons. The van der Waals surface area contributed by atoms with Gasteiger partial charge in [-0.2, -0.15) is 0 Å². The Kier molecular flexibility index (Phi) is 14.9. The van der Waals surface area contributed by atoms with E-state index in [9.17, 15) is 33.6 Å². The van der Waals surface area contributed by atoms with Crippen LogP contribution >= 0.6 is 0 Å². The van der Waals surface area contributed by atoms with Gasteiger partial charge >= 0.3 is 6.03 Å². The number of hydrogen-bond acceptors (Lipinski definition) is 13. The van der Waals surface area contributed by atoms with Gasteiger partial charge in [-0.3, -0.25) is 44.8 Å². The van der Waals surface area contributed by atoms with Gasteiger partial charge in [0.05, 0.1) is 0 Å². The summed E-state index contributed by atoms with van der Waals surface area (Å²) in [7, 11) is 0. The normalized spacial score (nSPS) is 28.2. The fourth-order valence-corrected chi connectivity index (χ4v) is 4.25. The number of urea groups is 1. The quantitative estimate of drug-likeness (QED) is 0.103. The van der Waals surface area contributed by atoms with Crippen molar-refractivity contribution in [3.63, 3.8) is 0 Å². The molecule has 1 saturated heterocycles. The van der Waals surface area contributed by atoms with Crippen molar-refractivity contribution < 1.29 is 33.6 Å². The van der Waals surface area contributed by atoms with E-state index in [-0.39, 0.29) is 19.4 Å². The molecule has 21 nitrogen and oxygen atoms in total. The Bertz CT molecular complexity index is 1210. The molecule has 0 saturated carbocycles. The maximum atomic E-state index is 13.4. The van der Waals surface area contributed by atoms with E-state index in [0.717, 1.165) is 6.20 Å². The molecular weight excluding hydrogens is 608 g/mol. The maximum absolute atomic E-state index is 13.4. The zero-order valence-electron chi connectivity index (χ0n) is 25.3. The molecule has 2 rings (SSSR count). The number of carbonyl (C=O) groups is 7. The summed E-state index contributed by atoms with van der Waals surface area (Å²) in [4.78, 5) is 93.7. The minimum atomic E-state index is -1.52. The van der Waals surface area contributed by atoms with Gasteiger partial charge in [0.15, 0.2) is 6.29 Å². The van der Waals surface area contributed by atoms with Crippen LogP contribution < -0.4 is 71.2 Å². The third-order valence-electron chi connectivity index (χ3n) is 6.79. The van der Waals surface area contributed by atoms with E-state index in [2.05, 4.69) is 47.5 Å². The van der Waals surface area contributed by atoms with Gasteiger partial charge in [-0.15, -0.1) is 0 Å². The Morgan fingerprint density at radius 1 is 1.07 bits per heavy atom. The second-order valence-corrected chi connectivity index (χ2v) is 10.6. The standard InChI is InChI=1S/C25H44N14O7/c1-11-19(41)36-15(9-32-17(40)7-12(27)3-2-5-26)21(43)37-16(10-34-25(30)46)22(44)39-18(14-4-6-31-24(29)38-14)23(45)33-8-13(28)20(42)35-11/h6,10-15,18,24,38H,2-5,7-9,26-29H2,1H3,(H,32,40)(H,33,45)(H,35,42)(H,36,41)(H,37,43)(H,39,44)(H3,30,34,46)/b16-10-/t11-,12-,13?,14?,15-,18?,24?/m1/s1. The number of nitrogens with one attached hydrogen (secondary N) is 8. The van der Waals surface area contributed by atoms with Crippen molar-refractivity contribution in [1.29, 1.82) is 0 Å². The largest absolute Gasteiger partial charge is 0.353 e. The van der Waals surface area contributed by atoms with Crippen molar-refractivity contribution in [3.8, 4) is 0 Å². The Balaban J connectivity index is 2.42. The second kappa shape index (κ2) is 18.3. The molecule has 2 aliphatic rings. The highest BCUT2D eigenvalue weighted by Gasteiger charge is 2.35. The molecule has 21 heteroatoms. The van der Waals surface area contributed by atoms with E-state index in [0.29, 0.717) is 19.4 Å². The summed E-state index contributed by atoms with van der Waals surface area (Å²) in [6, 6.07) is -7.83. The lowest BCUT2D eigenvalue weighted by atomic mass is 10.0. The van der Waals surface area contributed by atoms with Crippen molar-refractivity contribution in [3.05, 3.63) is 11.9 Å². The van der Waals surface area contributed by atoms with Crippen LogP contribution in [0.15, 0.2) is 16.9 Å². The molecule has 4 unspecified atom stereocenters. The van der Waals surface area contributed by atoms with Crippen LogP contribution in [-0.2, 0) is 28.8 Å². The molecule has 2 aliphatic heterocycles. The second-order valence-electron chi connectivity index (χ2n) is 10.6. The van der Waals surface area contributed by atoms with Crippen molar-refractivity contribution in [2.45, 2.75) is 75.1 Å². The minimum absolute atomic E-state index is 0.101. The first kappa shape index (κ1) is 37.5. The number of rotatable bonds is 9. The van der Waals surface area contributed by atoms with E-state index in [1.165, 1.54) is 13.1 Å². The lowest BCUT2D eigenvalue weighted by Gasteiger charge is -2.31. The molecule has 0 aliphatic carbocycles. The van der Waals surface area contributed by atoms with Crippen LogP contribution in [0, 0.1) is 0 Å². The fourth-order valence-electron chi connectivity index (χ4n) is 4.25. The highest BCUT2D eigenvalue weighted by Crippen LogP contribution is 2.07. The monoisotopic (exact) mass is 652 g/mol. The molecule has 0 aromatic carbocycles. The van der Waals surface area contributed by atoms with Gasteiger partial charge in [-0.1, -0.05) is 0 Å². The van der Waals surface area contributed by atoms with Gasteiger partial charge in [0.1, 0.15) is 29.9 Å². The predicted octanol–water partition coefficient (Wildman–Crippen LogP) is -7.21.